The summed E-state index contributed by atoms with van der Waals surface area (Å²) in [5.74, 6) is 0.988. The fraction of sp³-hybridized carbons (Fsp3) is 0.364. The van der Waals surface area contributed by atoms with Crippen LogP contribution in [0.2, 0.25) is 0 Å². The zero-order chi connectivity index (χ0) is 21.0. The maximum absolute atomic E-state index is 12.4. The van der Waals surface area contributed by atoms with Crippen molar-refractivity contribution < 1.29 is 14.3 Å². The number of rotatable bonds is 7. The van der Waals surface area contributed by atoms with Gasteiger partial charge in [-0.1, -0.05) is 26.0 Å². The molecule has 0 amide bonds. The molecule has 0 radical (unpaired) electrons. The van der Waals surface area contributed by atoms with E-state index >= 15 is 0 Å². The number of ether oxygens (including phenoxy) is 2. The molecule has 0 aliphatic heterocycles. The van der Waals surface area contributed by atoms with Crippen LogP contribution in [0, 0.1) is 13.8 Å². The van der Waals surface area contributed by atoms with E-state index in [0.717, 1.165) is 17.8 Å². The highest BCUT2D eigenvalue weighted by atomic mass is 16.5. The lowest BCUT2D eigenvalue weighted by atomic mass is 9.99. The van der Waals surface area contributed by atoms with E-state index in [2.05, 4.69) is 28.9 Å². The van der Waals surface area contributed by atoms with Gasteiger partial charge in [-0.25, -0.2) is 14.5 Å². The van der Waals surface area contributed by atoms with Crippen LogP contribution in [-0.2, 0) is 4.74 Å². The number of aromatic nitrogens is 4. The second-order valence-corrected chi connectivity index (χ2v) is 6.93. The minimum absolute atomic E-state index is 0.136. The van der Waals surface area contributed by atoms with E-state index in [1.54, 1.807) is 11.6 Å². The minimum atomic E-state index is -0.529. The zero-order valence-electron chi connectivity index (χ0n) is 17.5. The van der Waals surface area contributed by atoms with E-state index in [1.807, 2.05) is 44.2 Å². The number of esters is 1. The molecule has 2 heterocycles. The largest absolute Gasteiger partial charge is 0.462 e. The average Bonchev–Trinajstić information content (AvgIpc) is 3.06. The highest BCUT2D eigenvalue weighted by Gasteiger charge is 2.20. The van der Waals surface area contributed by atoms with Crippen molar-refractivity contribution in [2.45, 2.75) is 47.0 Å². The van der Waals surface area contributed by atoms with Crippen molar-refractivity contribution >= 4 is 5.97 Å². The van der Waals surface area contributed by atoms with Crippen LogP contribution in [0.3, 0.4) is 0 Å². The molecule has 29 heavy (non-hydrogen) atoms. The Balaban J connectivity index is 1.98. The van der Waals surface area contributed by atoms with Gasteiger partial charge >= 0.3 is 5.97 Å². The van der Waals surface area contributed by atoms with Crippen molar-refractivity contribution in [3.63, 3.8) is 0 Å². The first-order valence-corrected chi connectivity index (χ1v) is 9.78. The number of carbonyl (C=O) groups is 1. The van der Waals surface area contributed by atoms with Crippen LogP contribution in [-0.4, -0.2) is 32.3 Å². The Kier molecular flexibility index (Phi) is 6.26. The van der Waals surface area contributed by atoms with Crippen LogP contribution in [0.25, 0.3) is 5.95 Å². The van der Waals surface area contributed by atoms with Crippen LogP contribution in [0.4, 0.5) is 0 Å². The Labute approximate surface area is 170 Å². The minimum Gasteiger partial charge on any atom is -0.462 e. The lowest BCUT2D eigenvalue weighted by Gasteiger charge is -2.13. The molecular formula is C22H26N4O3. The Morgan fingerprint density at radius 3 is 2.48 bits per heavy atom. The topological polar surface area (TPSA) is 79.1 Å². The molecule has 7 heteroatoms. The summed E-state index contributed by atoms with van der Waals surface area (Å²) in [5, 5.41) is 4.40. The standard InChI is InChI=1S/C22H26N4O3/c1-6-14(3)17-8-10-18(11-9-17)29-20-19(21(27)28-7-2)13-23-22(24-20)26-16(5)12-15(4)25-26/h8-14H,6-7H2,1-5H3/t14-/m1/s1. The maximum atomic E-state index is 12.4. The molecule has 0 unspecified atom stereocenters. The van der Waals surface area contributed by atoms with Gasteiger partial charge in [0.05, 0.1) is 18.5 Å². The normalized spacial score (nSPS) is 11.9. The van der Waals surface area contributed by atoms with Gasteiger partial charge in [-0.3, -0.25) is 0 Å². The quantitative estimate of drug-likeness (QED) is 0.538. The van der Waals surface area contributed by atoms with Gasteiger partial charge in [0.25, 0.3) is 5.95 Å². The van der Waals surface area contributed by atoms with Crippen molar-refractivity contribution in [3.8, 4) is 17.6 Å². The van der Waals surface area contributed by atoms with Crippen molar-refractivity contribution in [1.82, 2.24) is 19.7 Å². The van der Waals surface area contributed by atoms with E-state index in [9.17, 15) is 4.79 Å². The zero-order valence-corrected chi connectivity index (χ0v) is 17.5. The summed E-state index contributed by atoms with van der Waals surface area (Å²) < 4.78 is 12.7. The summed E-state index contributed by atoms with van der Waals surface area (Å²) in [5.41, 5.74) is 3.14. The molecule has 0 spiro atoms. The Morgan fingerprint density at radius 2 is 1.90 bits per heavy atom. The van der Waals surface area contributed by atoms with Gasteiger partial charge < -0.3 is 9.47 Å². The number of aryl methyl sites for hydroxylation is 2. The lowest BCUT2D eigenvalue weighted by Crippen LogP contribution is -2.12. The van der Waals surface area contributed by atoms with Gasteiger partial charge in [-0.2, -0.15) is 10.1 Å². The molecule has 0 N–H and O–H groups in total. The maximum Gasteiger partial charge on any atom is 0.345 e. The monoisotopic (exact) mass is 394 g/mol. The number of benzene rings is 1. The molecule has 3 rings (SSSR count). The number of hydrogen-bond acceptors (Lipinski definition) is 6. The fourth-order valence-electron chi connectivity index (χ4n) is 2.93. The summed E-state index contributed by atoms with van der Waals surface area (Å²) in [7, 11) is 0. The van der Waals surface area contributed by atoms with Gasteiger partial charge in [0.15, 0.2) is 0 Å². The Morgan fingerprint density at radius 1 is 1.17 bits per heavy atom. The molecule has 0 saturated carbocycles. The van der Waals surface area contributed by atoms with E-state index < -0.39 is 5.97 Å². The number of carbonyl (C=O) groups excluding carboxylic acids is 1. The van der Waals surface area contributed by atoms with E-state index in [4.69, 9.17) is 9.47 Å². The van der Waals surface area contributed by atoms with Crippen molar-refractivity contribution in [2.75, 3.05) is 6.61 Å². The Bertz CT molecular complexity index is 996. The van der Waals surface area contributed by atoms with Gasteiger partial charge in [-0.15, -0.1) is 0 Å². The smallest absolute Gasteiger partial charge is 0.345 e. The molecule has 0 fully saturated rings. The number of hydrogen-bond donors (Lipinski definition) is 0. The van der Waals surface area contributed by atoms with E-state index in [0.29, 0.717) is 17.6 Å². The van der Waals surface area contributed by atoms with Crippen LogP contribution < -0.4 is 4.74 Å². The molecule has 152 valence electrons. The first kappa shape index (κ1) is 20.5. The summed E-state index contributed by atoms with van der Waals surface area (Å²) >= 11 is 0. The first-order chi connectivity index (χ1) is 13.9. The summed E-state index contributed by atoms with van der Waals surface area (Å²) in [6.07, 6.45) is 2.48. The molecule has 0 bridgehead atoms. The molecule has 0 aliphatic carbocycles. The van der Waals surface area contributed by atoms with Crippen LogP contribution >= 0.6 is 0 Å². The van der Waals surface area contributed by atoms with Crippen LogP contribution in [0.5, 0.6) is 11.6 Å². The van der Waals surface area contributed by atoms with E-state index in [-0.39, 0.29) is 18.1 Å². The molecule has 7 nitrogen and oxygen atoms in total. The van der Waals surface area contributed by atoms with Crippen LogP contribution in [0.1, 0.15) is 60.4 Å². The lowest BCUT2D eigenvalue weighted by molar-refractivity contribution is 0.0522. The predicted molar refractivity (Wildman–Crippen MR) is 110 cm³/mol. The predicted octanol–water partition coefficient (Wildman–Crippen LogP) is 4.76. The fourth-order valence-corrected chi connectivity index (χ4v) is 2.93. The third-order valence-corrected chi connectivity index (χ3v) is 4.71. The second-order valence-electron chi connectivity index (χ2n) is 6.93. The van der Waals surface area contributed by atoms with Gasteiger partial charge in [-0.05, 0) is 56.9 Å². The molecule has 2 aromatic heterocycles. The first-order valence-electron chi connectivity index (χ1n) is 9.78. The van der Waals surface area contributed by atoms with Crippen LogP contribution in [0.15, 0.2) is 36.5 Å². The third kappa shape index (κ3) is 4.62. The molecular weight excluding hydrogens is 368 g/mol. The second kappa shape index (κ2) is 8.86. The van der Waals surface area contributed by atoms with Gasteiger partial charge in [0.1, 0.15) is 11.3 Å². The summed E-state index contributed by atoms with van der Waals surface area (Å²) in [6.45, 7) is 10.1. The Hall–Kier alpha value is -3.22. The van der Waals surface area contributed by atoms with Gasteiger partial charge in [0, 0.05) is 5.69 Å². The molecule has 1 aromatic carbocycles. The molecule has 3 aromatic rings. The van der Waals surface area contributed by atoms with Crippen molar-refractivity contribution in [3.05, 3.63) is 59.0 Å². The summed E-state index contributed by atoms with van der Waals surface area (Å²) in [4.78, 5) is 21.1. The average molecular weight is 394 g/mol. The molecule has 1 atom stereocenters. The molecule has 0 saturated heterocycles. The summed E-state index contributed by atoms with van der Waals surface area (Å²) in [6, 6.07) is 9.73. The number of nitrogens with zero attached hydrogens (tertiary/aromatic N) is 4. The van der Waals surface area contributed by atoms with Gasteiger partial charge in [0.2, 0.25) is 5.88 Å². The highest BCUT2D eigenvalue weighted by molar-refractivity contribution is 5.91. The van der Waals surface area contributed by atoms with E-state index in [1.165, 1.54) is 11.8 Å². The SMILES string of the molecule is CCOC(=O)c1cnc(-n2nc(C)cc2C)nc1Oc1ccc([C@H](C)CC)cc1. The third-order valence-electron chi connectivity index (χ3n) is 4.71. The van der Waals surface area contributed by atoms with Crippen molar-refractivity contribution in [1.29, 1.82) is 0 Å². The molecule has 0 aliphatic rings. The highest BCUT2D eigenvalue weighted by Crippen LogP contribution is 2.27. The van der Waals surface area contributed by atoms with Crippen molar-refractivity contribution in [2.24, 2.45) is 0 Å².